The summed E-state index contributed by atoms with van der Waals surface area (Å²) in [5, 5.41) is 2.07. The monoisotopic (exact) mass is 387 g/mol. The lowest BCUT2D eigenvalue weighted by Gasteiger charge is -2.16. The lowest BCUT2D eigenvalue weighted by Crippen LogP contribution is -2.45. The van der Waals surface area contributed by atoms with Crippen LogP contribution < -0.4 is 15.8 Å². The second-order valence-electron chi connectivity index (χ2n) is 7.09. The molecular weight excluding hydrogens is 366 g/mol. The van der Waals surface area contributed by atoms with Gasteiger partial charge in [-0.15, -0.1) is 0 Å². The molecule has 3 aromatic rings. The number of rotatable bonds is 4. The molecule has 1 unspecified atom stereocenters. The second-order valence-corrected chi connectivity index (χ2v) is 7.09. The number of benzene rings is 3. The Bertz CT molecular complexity index is 1060. The van der Waals surface area contributed by atoms with Crippen LogP contribution in [0.5, 0.6) is 0 Å². The van der Waals surface area contributed by atoms with Crippen LogP contribution >= 0.6 is 0 Å². The highest BCUT2D eigenvalue weighted by molar-refractivity contribution is 6.00. The number of hydrogen-bond acceptors (Lipinski definition) is 3. The molecule has 146 valence electrons. The van der Waals surface area contributed by atoms with E-state index in [0.717, 1.165) is 22.0 Å². The number of anilines is 1. The molecule has 1 saturated heterocycles. The fraction of sp³-hybridized carbons (Fsp3) is 0.174. The zero-order chi connectivity index (χ0) is 20.2. The van der Waals surface area contributed by atoms with Crippen molar-refractivity contribution in [2.24, 2.45) is 5.92 Å². The van der Waals surface area contributed by atoms with Gasteiger partial charge in [-0.1, -0.05) is 60.7 Å². The standard InChI is InChI=1S/C23H21N3O3/c27-21(13-17-9-6-8-16-7-4-5-12-20(16)17)24-25-23(29)18-14-22(28)26(15-18)19-10-2-1-3-11-19/h1-12,18H,13-15H2,(H,24,27)(H,25,29). The minimum atomic E-state index is -0.499. The van der Waals surface area contributed by atoms with E-state index in [1.54, 1.807) is 4.90 Å². The van der Waals surface area contributed by atoms with Crippen LogP contribution in [0.2, 0.25) is 0 Å². The summed E-state index contributed by atoms with van der Waals surface area (Å²) in [5.74, 6) is -1.26. The van der Waals surface area contributed by atoms with E-state index in [1.807, 2.05) is 72.8 Å². The first-order chi connectivity index (χ1) is 14.1. The predicted octanol–water partition coefficient (Wildman–Crippen LogP) is 2.58. The van der Waals surface area contributed by atoms with Crippen LogP contribution in [-0.4, -0.2) is 24.3 Å². The van der Waals surface area contributed by atoms with Crippen molar-refractivity contribution in [3.8, 4) is 0 Å². The molecule has 6 nitrogen and oxygen atoms in total. The fourth-order valence-corrected chi connectivity index (χ4v) is 3.64. The Labute approximate surface area is 168 Å². The van der Waals surface area contributed by atoms with Gasteiger partial charge in [0.15, 0.2) is 0 Å². The van der Waals surface area contributed by atoms with E-state index < -0.39 is 5.92 Å². The number of fused-ring (bicyclic) bond motifs is 1. The van der Waals surface area contributed by atoms with Crippen molar-refractivity contribution in [1.82, 2.24) is 10.9 Å². The van der Waals surface area contributed by atoms with Gasteiger partial charge in [0, 0.05) is 18.7 Å². The molecule has 1 heterocycles. The molecule has 1 fully saturated rings. The minimum Gasteiger partial charge on any atom is -0.312 e. The van der Waals surface area contributed by atoms with Crippen LogP contribution in [0.3, 0.4) is 0 Å². The van der Waals surface area contributed by atoms with Gasteiger partial charge in [0.2, 0.25) is 17.7 Å². The molecule has 1 atom stereocenters. The average molecular weight is 387 g/mol. The first-order valence-corrected chi connectivity index (χ1v) is 9.52. The van der Waals surface area contributed by atoms with Crippen LogP contribution in [0.4, 0.5) is 5.69 Å². The third-order valence-corrected chi connectivity index (χ3v) is 5.12. The Morgan fingerprint density at radius 1 is 0.897 bits per heavy atom. The molecule has 1 aliphatic rings. The zero-order valence-electron chi connectivity index (χ0n) is 15.8. The van der Waals surface area contributed by atoms with Crippen LogP contribution in [-0.2, 0) is 20.8 Å². The molecule has 4 rings (SSSR count). The van der Waals surface area contributed by atoms with Crippen LogP contribution in [0.15, 0.2) is 72.8 Å². The normalized spacial score (nSPS) is 16.1. The average Bonchev–Trinajstić information content (AvgIpc) is 3.15. The van der Waals surface area contributed by atoms with Gasteiger partial charge >= 0.3 is 0 Å². The molecule has 0 aromatic heterocycles. The molecule has 0 aliphatic carbocycles. The Balaban J connectivity index is 1.34. The first-order valence-electron chi connectivity index (χ1n) is 9.52. The molecule has 0 radical (unpaired) electrons. The van der Waals surface area contributed by atoms with Gasteiger partial charge in [-0.25, -0.2) is 0 Å². The largest absolute Gasteiger partial charge is 0.312 e. The second kappa shape index (κ2) is 8.14. The number of para-hydroxylation sites is 1. The van der Waals surface area contributed by atoms with E-state index in [9.17, 15) is 14.4 Å². The van der Waals surface area contributed by atoms with E-state index in [4.69, 9.17) is 0 Å². The Kier molecular flexibility index (Phi) is 5.24. The van der Waals surface area contributed by atoms with E-state index >= 15 is 0 Å². The molecule has 1 aliphatic heterocycles. The highest BCUT2D eigenvalue weighted by Gasteiger charge is 2.35. The number of carbonyl (C=O) groups excluding carboxylic acids is 3. The summed E-state index contributed by atoms with van der Waals surface area (Å²) in [6, 6.07) is 22.9. The Morgan fingerprint density at radius 2 is 1.62 bits per heavy atom. The molecule has 0 spiro atoms. The molecule has 3 aromatic carbocycles. The molecule has 2 N–H and O–H groups in total. The third-order valence-electron chi connectivity index (χ3n) is 5.12. The minimum absolute atomic E-state index is 0.0987. The molecule has 3 amide bonds. The smallest absolute Gasteiger partial charge is 0.243 e. The Hall–Kier alpha value is -3.67. The quantitative estimate of drug-likeness (QED) is 0.676. The maximum Gasteiger partial charge on any atom is 0.243 e. The summed E-state index contributed by atoms with van der Waals surface area (Å²) in [4.78, 5) is 38.6. The van der Waals surface area contributed by atoms with Crippen molar-refractivity contribution in [3.05, 3.63) is 78.4 Å². The highest BCUT2D eigenvalue weighted by atomic mass is 16.2. The Morgan fingerprint density at radius 3 is 2.45 bits per heavy atom. The number of nitrogens with one attached hydrogen (secondary N) is 2. The topological polar surface area (TPSA) is 78.5 Å². The van der Waals surface area contributed by atoms with Gasteiger partial charge in [0.05, 0.1) is 12.3 Å². The summed E-state index contributed by atoms with van der Waals surface area (Å²) in [7, 11) is 0. The summed E-state index contributed by atoms with van der Waals surface area (Å²) in [6.45, 7) is 0.299. The fourth-order valence-electron chi connectivity index (χ4n) is 3.64. The van der Waals surface area contributed by atoms with Gasteiger partial charge in [0.25, 0.3) is 0 Å². The van der Waals surface area contributed by atoms with Crippen molar-refractivity contribution >= 4 is 34.2 Å². The number of hydrogen-bond donors (Lipinski definition) is 2. The van der Waals surface area contributed by atoms with Crippen molar-refractivity contribution in [2.45, 2.75) is 12.8 Å². The maximum atomic E-state index is 12.4. The van der Waals surface area contributed by atoms with Crippen LogP contribution in [0, 0.1) is 5.92 Å². The van der Waals surface area contributed by atoms with Crippen LogP contribution in [0.25, 0.3) is 10.8 Å². The number of nitrogens with zero attached hydrogens (tertiary/aromatic N) is 1. The SMILES string of the molecule is O=C(Cc1cccc2ccccc12)NNC(=O)C1CC(=O)N(c2ccccc2)C1. The number of amides is 3. The number of hydrazine groups is 1. The van der Waals surface area contributed by atoms with Crippen molar-refractivity contribution in [2.75, 3.05) is 11.4 Å². The predicted molar refractivity (Wildman–Crippen MR) is 111 cm³/mol. The summed E-state index contributed by atoms with van der Waals surface area (Å²) in [5.41, 5.74) is 6.60. The summed E-state index contributed by atoms with van der Waals surface area (Å²) < 4.78 is 0. The number of carbonyl (C=O) groups is 3. The van der Waals surface area contributed by atoms with Crippen molar-refractivity contribution in [3.63, 3.8) is 0 Å². The van der Waals surface area contributed by atoms with E-state index in [-0.39, 0.29) is 30.6 Å². The highest BCUT2D eigenvalue weighted by Crippen LogP contribution is 2.24. The first kappa shape index (κ1) is 18.7. The van der Waals surface area contributed by atoms with Gasteiger partial charge in [-0.05, 0) is 28.5 Å². The van der Waals surface area contributed by atoms with Gasteiger partial charge < -0.3 is 4.90 Å². The van der Waals surface area contributed by atoms with Gasteiger partial charge in [-0.2, -0.15) is 0 Å². The maximum absolute atomic E-state index is 12.4. The molecule has 6 heteroatoms. The van der Waals surface area contributed by atoms with Gasteiger partial charge in [0.1, 0.15) is 0 Å². The molecule has 29 heavy (non-hydrogen) atoms. The lowest BCUT2D eigenvalue weighted by molar-refractivity contribution is -0.131. The lowest BCUT2D eigenvalue weighted by atomic mass is 10.0. The van der Waals surface area contributed by atoms with Gasteiger partial charge in [-0.3, -0.25) is 25.2 Å². The summed E-state index contributed by atoms with van der Waals surface area (Å²) in [6.07, 6.45) is 0.279. The van der Waals surface area contributed by atoms with Crippen LogP contribution in [0.1, 0.15) is 12.0 Å². The van der Waals surface area contributed by atoms with Crippen molar-refractivity contribution < 1.29 is 14.4 Å². The van der Waals surface area contributed by atoms with E-state index in [2.05, 4.69) is 10.9 Å². The molecular formula is C23H21N3O3. The third kappa shape index (κ3) is 4.11. The van der Waals surface area contributed by atoms with E-state index in [1.165, 1.54) is 0 Å². The zero-order valence-corrected chi connectivity index (χ0v) is 15.8. The van der Waals surface area contributed by atoms with Crippen molar-refractivity contribution in [1.29, 1.82) is 0 Å². The van der Waals surface area contributed by atoms with E-state index in [0.29, 0.717) is 6.54 Å². The molecule has 0 saturated carbocycles. The molecule has 0 bridgehead atoms. The summed E-state index contributed by atoms with van der Waals surface area (Å²) >= 11 is 0.